The predicted octanol–water partition coefficient (Wildman–Crippen LogP) is 2.06. The Hall–Kier alpha value is -1.25. The van der Waals surface area contributed by atoms with Crippen LogP contribution in [-0.4, -0.2) is 17.4 Å². The zero-order valence-corrected chi connectivity index (χ0v) is 9.17. The minimum atomic E-state index is -0.245. The number of amides is 1. The molecular weight excluding hydrogens is 190 g/mol. The largest absolute Gasteiger partial charge is 0.294 e. The Kier molecular flexibility index (Phi) is 2.33. The summed E-state index contributed by atoms with van der Waals surface area (Å²) in [4.78, 5) is 27.2. The van der Waals surface area contributed by atoms with Crippen LogP contribution < -0.4 is 0 Å². The number of carbonyl (C=O) groups excluding carboxylic acids is 2. The fraction of sp³-hybridized carbons (Fsp3) is 0.583. The summed E-state index contributed by atoms with van der Waals surface area (Å²) in [5.41, 5.74) is 1.16. The summed E-state index contributed by atoms with van der Waals surface area (Å²) in [5, 5.41) is 0. The quantitative estimate of drug-likeness (QED) is 0.657. The lowest BCUT2D eigenvalue weighted by Crippen LogP contribution is -2.38. The van der Waals surface area contributed by atoms with Crippen molar-refractivity contribution in [3.8, 4) is 0 Å². The number of dihydropyridines is 1. The lowest BCUT2D eigenvalue weighted by Gasteiger charge is -2.33. The fourth-order valence-corrected chi connectivity index (χ4v) is 2.15. The molecule has 15 heavy (non-hydrogen) atoms. The van der Waals surface area contributed by atoms with E-state index in [2.05, 4.69) is 4.99 Å². The highest BCUT2D eigenvalue weighted by Crippen LogP contribution is 2.38. The van der Waals surface area contributed by atoms with Crippen LogP contribution >= 0.6 is 0 Å². The third-order valence-electron chi connectivity index (χ3n) is 3.54. The summed E-state index contributed by atoms with van der Waals surface area (Å²) < 4.78 is 0. The molecule has 0 N–H and O–H groups in total. The van der Waals surface area contributed by atoms with Gasteiger partial charge in [0.15, 0.2) is 5.78 Å². The van der Waals surface area contributed by atoms with Crippen LogP contribution in [0.2, 0.25) is 0 Å². The molecular formula is C12H15NO2. The van der Waals surface area contributed by atoms with Gasteiger partial charge in [-0.3, -0.25) is 9.59 Å². The van der Waals surface area contributed by atoms with Crippen molar-refractivity contribution in [2.24, 2.45) is 10.4 Å². The third kappa shape index (κ3) is 1.56. The monoisotopic (exact) mass is 205 g/mol. The van der Waals surface area contributed by atoms with Crippen LogP contribution in [0.3, 0.4) is 0 Å². The Balaban J connectivity index is 2.36. The zero-order chi connectivity index (χ0) is 11.1. The molecule has 3 heteroatoms. The average Bonchev–Trinajstić information content (AvgIpc) is 2.24. The van der Waals surface area contributed by atoms with E-state index in [-0.39, 0.29) is 23.5 Å². The number of Topliss-reactive ketones (excluding diaryl/α,β-unsaturated/α-hetero) is 1. The van der Waals surface area contributed by atoms with Gasteiger partial charge in [0.1, 0.15) is 0 Å². The van der Waals surface area contributed by atoms with E-state index in [0.717, 1.165) is 19.3 Å². The first-order valence-electron chi connectivity index (χ1n) is 5.42. The Labute approximate surface area is 89.3 Å². The number of fused-ring (bicyclic) bond motifs is 1. The normalized spacial score (nSPS) is 30.8. The second kappa shape index (κ2) is 3.40. The zero-order valence-electron chi connectivity index (χ0n) is 9.17. The van der Waals surface area contributed by atoms with Crippen LogP contribution in [-0.2, 0) is 9.59 Å². The highest BCUT2D eigenvalue weighted by Gasteiger charge is 2.40. The van der Waals surface area contributed by atoms with E-state index in [1.54, 1.807) is 6.08 Å². The first kappa shape index (κ1) is 10.3. The van der Waals surface area contributed by atoms with Crippen LogP contribution in [0.1, 0.15) is 39.5 Å². The molecule has 80 valence electrons. The maximum Gasteiger partial charge on any atom is 0.249 e. The number of hydrogen-bond donors (Lipinski definition) is 0. The second-order valence-electron chi connectivity index (χ2n) is 4.52. The van der Waals surface area contributed by atoms with Gasteiger partial charge in [-0.25, -0.2) is 4.99 Å². The summed E-state index contributed by atoms with van der Waals surface area (Å²) in [6, 6.07) is 0. The number of nitrogens with zero attached hydrogens (tertiary/aromatic N) is 1. The van der Waals surface area contributed by atoms with Gasteiger partial charge in [-0.1, -0.05) is 19.9 Å². The van der Waals surface area contributed by atoms with Crippen molar-refractivity contribution in [1.82, 2.24) is 0 Å². The predicted molar refractivity (Wildman–Crippen MR) is 57.8 cm³/mol. The van der Waals surface area contributed by atoms with Crippen molar-refractivity contribution < 1.29 is 9.59 Å². The van der Waals surface area contributed by atoms with Crippen LogP contribution in [0, 0.1) is 5.41 Å². The molecule has 1 aliphatic carbocycles. The van der Waals surface area contributed by atoms with E-state index in [4.69, 9.17) is 0 Å². The summed E-state index contributed by atoms with van der Waals surface area (Å²) >= 11 is 0. The third-order valence-corrected chi connectivity index (χ3v) is 3.54. The highest BCUT2D eigenvalue weighted by atomic mass is 16.1. The average molecular weight is 205 g/mol. The van der Waals surface area contributed by atoms with Crippen LogP contribution in [0.15, 0.2) is 16.6 Å². The van der Waals surface area contributed by atoms with Gasteiger partial charge in [0.2, 0.25) is 5.91 Å². The lowest BCUT2D eigenvalue weighted by molar-refractivity contribution is -0.124. The highest BCUT2D eigenvalue weighted by molar-refractivity contribution is 6.28. The second-order valence-corrected chi connectivity index (χ2v) is 4.52. The van der Waals surface area contributed by atoms with Crippen LogP contribution in [0.4, 0.5) is 0 Å². The van der Waals surface area contributed by atoms with Gasteiger partial charge in [-0.2, -0.15) is 0 Å². The molecule has 2 aliphatic rings. The Bertz CT molecular complexity index is 392. The molecule has 2 rings (SSSR count). The molecule has 0 aromatic rings. The molecule has 3 nitrogen and oxygen atoms in total. The topological polar surface area (TPSA) is 46.5 Å². The summed E-state index contributed by atoms with van der Waals surface area (Å²) in [5.74, 6) is 0.0455. The molecule has 0 aromatic carbocycles. The minimum Gasteiger partial charge on any atom is -0.294 e. The minimum absolute atomic E-state index is 0.123. The van der Waals surface area contributed by atoms with E-state index >= 15 is 0 Å². The first-order chi connectivity index (χ1) is 7.07. The number of carbonyl (C=O) groups is 2. The van der Waals surface area contributed by atoms with Gasteiger partial charge in [-0.05, 0) is 19.3 Å². The summed E-state index contributed by atoms with van der Waals surface area (Å²) in [6.45, 7) is 4.04. The number of rotatable bonds is 1. The molecule has 1 fully saturated rings. The number of ketones is 1. The van der Waals surface area contributed by atoms with Gasteiger partial charge < -0.3 is 0 Å². The molecule has 1 unspecified atom stereocenters. The summed E-state index contributed by atoms with van der Waals surface area (Å²) in [7, 11) is 0. The van der Waals surface area contributed by atoms with E-state index in [9.17, 15) is 9.59 Å². The van der Waals surface area contributed by atoms with E-state index in [0.29, 0.717) is 11.3 Å². The van der Waals surface area contributed by atoms with Crippen LogP contribution in [0.25, 0.3) is 0 Å². The smallest absolute Gasteiger partial charge is 0.249 e. The van der Waals surface area contributed by atoms with Gasteiger partial charge in [0.05, 0.1) is 5.71 Å². The maximum atomic E-state index is 12.2. The molecule has 0 aromatic heterocycles. The van der Waals surface area contributed by atoms with Gasteiger partial charge in [0.25, 0.3) is 0 Å². The van der Waals surface area contributed by atoms with Crippen LogP contribution in [0.5, 0.6) is 0 Å². The number of allylic oxidation sites excluding steroid dienone is 1. The van der Waals surface area contributed by atoms with Crippen molar-refractivity contribution in [1.29, 1.82) is 0 Å². The molecule has 1 amide bonds. The SMILES string of the molecule is CCC1(C)CCC2=NC(=O)CC=C2C1=O. The molecule has 0 bridgehead atoms. The fourth-order valence-electron chi connectivity index (χ4n) is 2.15. The van der Waals surface area contributed by atoms with Gasteiger partial charge in [-0.15, -0.1) is 0 Å². The molecule has 0 spiro atoms. The van der Waals surface area contributed by atoms with E-state index < -0.39 is 0 Å². The lowest BCUT2D eigenvalue weighted by atomic mass is 9.69. The van der Waals surface area contributed by atoms with Gasteiger partial charge in [0, 0.05) is 17.4 Å². The number of aliphatic imine (C=N–C) groups is 1. The Morgan fingerprint density at radius 2 is 2.20 bits per heavy atom. The molecule has 0 radical (unpaired) electrons. The van der Waals surface area contributed by atoms with Crippen molar-refractivity contribution in [3.05, 3.63) is 11.6 Å². The standard InChI is InChI=1S/C12H15NO2/c1-3-12(2)7-6-9-8(11(12)15)4-5-10(14)13-9/h4H,3,5-7H2,1-2H3. The summed E-state index contributed by atoms with van der Waals surface area (Å²) in [6.07, 6.45) is 4.45. The molecule has 1 heterocycles. The van der Waals surface area contributed by atoms with Crippen molar-refractivity contribution >= 4 is 17.4 Å². The molecule has 1 atom stereocenters. The van der Waals surface area contributed by atoms with Crippen molar-refractivity contribution in [2.45, 2.75) is 39.5 Å². The Morgan fingerprint density at radius 1 is 1.47 bits per heavy atom. The van der Waals surface area contributed by atoms with Crippen molar-refractivity contribution in [2.75, 3.05) is 0 Å². The maximum absolute atomic E-state index is 12.2. The molecule has 0 saturated heterocycles. The van der Waals surface area contributed by atoms with Crippen molar-refractivity contribution in [3.63, 3.8) is 0 Å². The Morgan fingerprint density at radius 3 is 2.87 bits per heavy atom. The molecule has 1 saturated carbocycles. The van der Waals surface area contributed by atoms with E-state index in [1.807, 2.05) is 13.8 Å². The molecule has 1 aliphatic heterocycles. The van der Waals surface area contributed by atoms with E-state index in [1.165, 1.54) is 0 Å². The van der Waals surface area contributed by atoms with Gasteiger partial charge >= 0.3 is 0 Å². The number of hydrogen-bond acceptors (Lipinski definition) is 2. The first-order valence-corrected chi connectivity index (χ1v) is 5.42.